The number of Topliss-reactive ketones (excluding diaryl/α,β-unsaturated/α-hetero) is 1. The van der Waals surface area contributed by atoms with Gasteiger partial charge in [0, 0.05) is 79.4 Å². The number of guanidine groups is 1. The third-order valence-corrected chi connectivity index (χ3v) is 16.2. The van der Waals surface area contributed by atoms with Gasteiger partial charge < -0.3 is 50.4 Å². The smallest absolute Gasteiger partial charge is 0.201 e. The van der Waals surface area contributed by atoms with E-state index >= 15 is 0 Å². The van der Waals surface area contributed by atoms with Crippen molar-refractivity contribution in [2.75, 3.05) is 38.7 Å². The molecule has 6 bridgehead atoms. The van der Waals surface area contributed by atoms with Crippen LogP contribution in [-0.2, 0) is 35.2 Å². The minimum Gasteiger partial charge on any atom is -0.504 e. The molecular formula is C49H66N4O9S2. The number of rotatable bonds is 7. The summed E-state index contributed by atoms with van der Waals surface area (Å²) in [7, 11) is 5.27. The normalized spacial score (nSPS) is 29.0. The topological polar surface area (TPSA) is 197 Å². The number of nitrogens with one attached hydrogen (secondary N) is 2. The second kappa shape index (κ2) is 22.6. The van der Waals surface area contributed by atoms with Crippen molar-refractivity contribution in [1.82, 2.24) is 10.6 Å². The number of aliphatic hydroxyl groups is 3. The number of ether oxygens (including phenoxy) is 4. The fourth-order valence-corrected chi connectivity index (χ4v) is 12.9. The van der Waals surface area contributed by atoms with Crippen LogP contribution in [0, 0.1) is 47.4 Å². The van der Waals surface area contributed by atoms with Crippen molar-refractivity contribution in [2.45, 2.75) is 134 Å². The van der Waals surface area contributed by atoms with E-state index in [4.69, 9.17) is 29.7 Å². The second-order valence-electron chi connectivity index (χ2n) is 18.2. The highest BCUT2D eigenvalue weighted by molar-refractivity contribution is 8.76. The van der Waals surface area contributed by atoms with Crippen LogP contribution in [0.3, 0.4) is 0 Å². The van der Waals surface area contributed by atoms with Crippen molar-refractivity contribution in [2.24, 2.45) is 34.4 Å². The summed E-state index contributed by atoms with van der Waals surface area (Å²) in [5.41, 5.74) is 9.96. The average Bonchev–Trinajstić information content (AvgIpc) is 3.26. The van der Waals surface area contributed by atoms with E-state index in [0.717, 1.165) is 61.0 Å². The molecule has 1 saturated carbocycles. The van der Waals surface area contributed by atoms with E-state index in [2.05, 4.69) is 54.2 Å². The zero-order valence-electron chi connectivity index (χ0n) is 37.5. The zero-order valence-corrected chi connectivity index (χ0v) is 39.1. The van der Waals surface area contributed by atoms with Crippen molar-refractivity contribution in [3.05, 3.63) is 46.0 Å². The number of benzene rings is 2. The van der Waals surface area contributed by atoms with E-state index in [0.29, 0.717) is 84.9 Å². The van der Waals surface area contributed by atoms with E-state index in [1.165, 1.54) is 6.07 Å². The number of phenolic OH excluding ortho intramolecular Hbond substituents is 1. The number of aliphatic imine (C=N–C) groups is 1. The molecule has 8 N–H and O–H groups in total. The average molecular weight is 919 g/mol. The molecule has 64 heavy (non-hydrogen) atoms. The summed E-state index contributed by atoms with van der Waals surface area (Å²) >= 11 is 0. The van der Waals surface area contributed by atoms with Gasteiger partial charge in [0.25, 0.3) is 0 Å². The maximum Gasteiger partial charge on any atom is 0.201 e. The molecule has 15 heteroatoms. The van der Waals surface area contributed by atoms with Crippen LogP contribution in [0.2, 0.25) is 0 Å². The van der Waals surface area contributed by atoms with Gasteiger partial charge in [-0.2, -0.15) is 0 Å². The molecule has 0 radical (unpaired) electrons. The van der Waals surface area contributed by atoms with Crippen molar-refractivity contribution < 1.29 is 44.2 Å². The van der Waals surface area contributed by atoms with E-state index in [1.807, 2.05) is 0 Å². The number of carbonyl (C=O) groups excluding carboxylic acids is 1. The van der Waals surface area contributed by atoms with Gasteiger partial charge in [-0.15, -0.1) is 0 Å². The molecule has 2 aromatic rings. The predicted molar refractivity (Wildman–Crippen MR) is 251 cm³/mol. The molecule has 0 amide bonds. The molecule has 348 valence electrons. The van der Waals surface area contributed by atoms with Gasteiger partial charge >= 0.3 is 0 Å². The highest BCUT2D eigenvalue weighted by Crippen LogP contribution is 2.47. The molecule has 13 nitrogen and oxygen atoms in total. The molecule has 4 aliphatic heterocycles. The molecule has 1 spiro atoms. The monoisotopic (exact) mass is 918 g/mol. The molecule has 6 aliphatic rings. The van der Waals surface area contributed by atoms with Gasteiger partial charge in [0.15, 0.2) is 35.8 Å². The Balaban J connectivity index is 1.37. The number of aromatic hydroxyl groups is 1. The lowest BCUT2D eigenvalue weighted by Crippen LogP contribution is -2.54. The van der Waals surface area contributed by atoms with Crippen molar-refractivity contribution >= 4 is 33.3 Å². The highest BCUT2D eigenvalue weighted by Gasteiger charge is 2.43. The molecule has 4 heterocycles. The fourth-order valence-electron chi connectivity index (χ4n) is 10.0. The van der Waals surface area contributed by atoms with E-state index in [-0.39, 0.29) is 60.8 Å². The Morgan fingerprint density at radius 2 is 1.88 bits per heavy atom. The minimum atomic E-state index is -1.22. The fraction of sp³-hybridized carbons (Fsp3) is 0.633. The molecule has 2 aromatic carbocycles. The maximum absolute atomic E-state index is 13.3. The van der Waals surface area contributed by atoms with Gasteiger partial charge in [-0.25, -0.2) is 4.99 Å². The van der Waals surface area contributed by atoms with Crippen molar-refractivity contribution in [1.29, 1.82) is 0 Å². The number of ketones is 1. The number of hydrogen-bond donors (Lipinski definition) is 7. The summed E-state index contributed by atoms with van der Waals surface area (Å²) < 4.78 is 24.5. The predicted octanol–water partition coefficient (Wildman–Crippen LogP) is 5.38. The first kappa shape index (κ1) is 48.1. The number of fused-ring (bicyclic) bond motifs is 7. The first-order valence-electron chi connectivity index (χ1n) is 23.0. The van der Waals surface area contributed by atoms with Gasteiger partial charge in [-0.05, 0) is 80.4 Å². The van der Waals surface area contributed by atoms with Gasteiger partial charge in [0.05, 0.1) is 23.8 Å². The Hall–Kier alpha value is -3.80. The van der Waals surface area contributed by atoms with Crippen LogP contribution in [0.15, 0.2) is 23.2 Å². The number of methoxy groups -OCH3 is 1. The van der Waals surface area contributed by atoms with Crippen molar-refractivity contribution in [3.8, 4) is 46.7 Å². The standard InChI is InChI=1S/C49H66N4O9S2/c1-30(2)42-27-64-63-26-40-39-25-38-32-15-18-36(56)24-35(55)17-14-31-16-19-43(57)45(61-29-54)37(31)12-6-9-33(23-32)44(46(38)62-47(39)58)60-28-51-49(21-7-13-41(40)52-48(50)53-42)20-5-4-10-34(49)11-8-22-59-3/h16,19,23,30,34,36,39-42,47,51,54,56-58H,4-5,8-11,14-15,17-18,20-22,24-29H2,1-3H3,(H3,50,52,53)/t34-,36+,39-,40-,41+,42-,47+,49-/m0/s1. The Morgan fingerprint density at radius 1 is 1.03 bits per heavy atom. The third-order valence-electron chi connectivity index (χ3n) is 13.7. The number of phenols is 1. The Labute approximate surface area is 386 Å². The summed E-state index contributed by atoms with van der Waals surface area (Å²) in [6.45, 7) is 4.47. The zero-order chi connectivity index (χ0) is 45.2. The van der Waals surface area contributed by atoms with Crippen LogP contribution in [-0.4, -0.2) is 101 Å². The maximum atomic E-state index is 13.3. The SMILES string of the molecule is COCCC[C@@H]1CCCC[C@]12CC#C[C@H]1NC(N)=N[C@H](C(C)C)CSSC[C@H]1[C@@H]1Cc3c4cc(c(c3O[C@H]1O)OCN2)CC#Cc1c(ccc(O)c1OCO)CCC(=O)C[C@H](O)CC4. The number of nitrogens with zero attached hydrogens (tertiary/aromatic N) is 1. The number of carbonyl (C=O) groups is 1. The van der Waals surface area contributed by atoms with Crippen LogP contribution in [0.5, 0.6) is 23.0 Å². The Kier molecular flexibility index (Phi) is 17.0. The summed E-state index contributed by atoms with van der Waals surface area (Å²) in [6, 6.07) is 4.84. The number of aliphatic hydroxyl groups excluding tert-OH is 3. The summed E-state index contributed by atoms with van der Waals surface area (Å²) in [5.74, 6) is 16.3. The van der Waals surface area contributed by atoms with Crippen molar-refractivity contribution in [3.63, 3.8) is 0 Å². The summed E-state index contributed by atoms with van der Waals surface area (Å²) in [6.07, 6.45) is 6.48. The lowest BCUT2D eigenvalue weighted by molar-refractivity contribution is -0.121. The molecule has 0 unspecified atom stereocenters. The number of hydrogen-bond acceptors (Lipinski definition) is 15. The minimum absolute atomic E-state index is 0.0172. The number of nitrogens with two attached hydrogens (primary N) is 1. The highest BCUT2D eigenvalue weighted by atomic mass is 33.1. The third kappa shape index (κ3) is 11.6. The first-order valence-corrected chi connectivity index (χ1v) is 25.5. The first-order chi connectivity index (χ1) is 31.0. The van der Waals surface area contributed by atoms with E-state index < -0.39 is 31.1 Å². The lowest BCUT2D eigenvalue weighted by Gasteiger charge is -2.45. The van der Waals surface area contributed by atoms with Crippen LogP contribution in [0.25, 0.3) is 0 Å². The van der Waals surface area contributed by atoms with Gasteiger partial charge in [0.1, 0.15) is 12.5 Å². The second-order valence-corrected chi connectivity index (χ2v) is 20.8. The van der Waals surface area contributed by atoms with Crippen LogP contribution in [0.4, 0.5) is 0 Å². The van der Waals surface area contributed by atoms with Crippen LogP contribution >= 0.6 is 21.6 Å². The van der Waals surface area contributed by atoms with Gasteiger partial charge in [0.2, 0.25) is 6.29 Å². The van der Waals surface area contributed by atoms with E-state index in [1.54, 1.807) is 34.8 Å². The molecular weight excluding hydrogens is 853 g/mol. The molecule has 8 rings (SSSR count). The van der Waals surface area contributed by atoms with E-state index in [9.17, 15) is 25.2 Å². The lowest BCUT2D eigenvalue weighted by atomic mass is 9.69. The molecule has 8 atom stereocenters. The summed E-state index contributed by atoms with van der Waals surface area (Å²) in [5, 5.41) is 51.4. The quantitative estimate of drug-likeness (QED) is 0.0809. The van der Waals surface area contributed by atoms with Crippen LogP contribution in [0.1, 0.15) is 106 Å². The largest absolute Gasteiger partial charge is 0.504 e. The Morgan fingerprint density at radius 3 is 2.69 bits per heavy atom. The number of aryl methyl sites for hydroxylation is 2. The van der Waals surface area contributed by atoms with Gasteiger partial charge in [-0.3, -0.25) is 10.1 Å². The molecule has 2 aliphatic carbocycles. The molecule has 0 saturated heterocycles. The van der Waals surface area contributed by atoms with Crippen LogP contribution < -0.4 is 30.6 Å². The molecule has 1 fully saturated rings. The van der Waals surface area contributed by atoms with Gasteiger partial charge in [-0.1, -0.05) is 84.1 Å². The summed E-state index contributed by atoms with van der Waals surface area (Å²) in [4.78, 5) is 18.2. The Bertz CT molecular complexity index is 2110. The molecule has 0 aromatic heterocycles.